The molecular formula is C16H11F2N2O. The van der Waals surface area contributed by atoms with E-state index < -0.39 is 6.43 Å². The minimum Gasteiger partial charge on any atom is -0.390 e. The minimum atomic E-state index is -2.59. The number of halogens is 2. The van der Waals surface area contributed by atoms with Crippen LogP contribution in [0.3, 0.4) is 0 Å². The summed E-state index contributed by atoms with van der Waals surface area (Å²) in [6.45, 7) is 0.138. The summed E-state index contributed by atoms with van der Waals surface area (Å²) in [5.41, 5.74) is 1.34. The molecule has 21 heavy (non-hydrogen) atoms. The molecule has 1 radical (unpaired) electrons. The van der Waals surface area contributed by atoms with E-state index in [-0.39, 0.29) is 17.7 Å². The van der Waals surface area contributed by atoms with Crippen LogP contribution < -0.4 is 0 Å². The molecule has 0 N–H and O–H groups in total. The van der Waals surface area contributed by atoms with E-state index in [1.807, 2.05) is 6.07 Å². The first-order valence-corrected chi connectivity index (χ1v) is 6.15. The van der Waals surface area contributed by atoms with E-state index in [1.165, 1.54) is 18.2 Å². The molecule has 0 aliphatic heterocycles. The Labute approximate surface area is 121 Å². The van der Waals surface area contributed by atoms with Gasteiger partial charge in [0.05, 0.1) is 11.6 Å². The molecule has 0 fully saturated rings. The second-order valence-corrected chi connectivity index (χ2v) is 4.18. The van der Waals surface area contributed by atoms with E-state index in [9.17, 15) is 8.78 Å². The van der Waals surface area contributed by atoms with Crippen LogP contribution in [0, 0.1) is 11.3 Å². The number of benzene rings is 2. The molecule has 0 heterocycles. The highest BCUT2D eigenvalue weighted by Gasteiger charge is 2.10. The summed E-state index contributed by atoms with van der Waals surface area (Å²) in [6, 6.07) is 14.8. The molecule has 0 aromatic heterocycles. The van der Waals surface area contributed by atoms with Crippen LogP contribution in [0.4, 0.5) is 8.78 Å². The van der Waals surface area contributed by atoms with Crippen molar-refractivity contribution in [3.05, 3.63) is 70.8 Å². The van der Waals surface area contributed by atoms with E-state index in [0.717, 1.165) is 5.56 Å². The molecule has 0 saturated carbocycles. The van der Waals surface area contributed by atoms with E-state index in [4.69, 9.17) is 10.1 Å². The lowest BCUT2D eigenvalue weighted by molar-refractivity contribution is 0.132. The molecule has 2 aromatic rings. The van der Waals surface area contributed by atoms with Crippen LogP contribution in [0.25, 0.3) is 0 Å². The van der Waals surface area contributed by atoms with E-state index in [2.05, 4.69) is 11.4 Å². The van der Waals surface area contributed by atoms with Crippen LogP contribution in [0.15, 0.2) is 53.7 Å². The zero-order chi connectivity index (χ0) is 15.1. The predicted molar refractivity (Wildman–Crippen MR) is 73.9 cm³/mol. The van der Waals surface area contributed by atoms with Gasteiger partial charge in [-0.05, 0) is 17.7 Å². The van der Waals surface area contributed by atoms with Crippen molar-refractivity contribution in [1.29, 1.82) is 5.26 Å². The average Bonchev–Trinajstić information content (AvgIpc) is 2.52. The smallest absolute Gasteiger partial charge is 0.264 e. The fraction of sp³-hybridized carbons (Fsp3) is 0.125. The third-order valence-corrected chi connectivity index (χ3v) is 2.71. The Balaban J connectivity index is 1.99. The van der Waals surface area contributed by atoms with Crippen molar-refractivity contribution in [3.8, 4) is 6.07 Å². The van der Waals surface area contributed by atoms with Gasteiger partial charge in [0.25, 0.3) is 6.43 Å². The van der Waals surface area contributed by atoms with Crippen molar-refractivity contribution in [3.63, 3.8) is 0 Å². The van der Waals surface area contributed by atoms with Gasteiger partial charge in [-0.15, -0.1) is 0 Å². The van der Waals surface area contributed by atoms with Crippen molar-refractivity contribution in [2.45, 2.75) is 13.0 Å². The Kier molecular flexibility index (Phi) is 4.99. The van der Waals surface area contributed by atoms with Gasteiger partial charge in [0.15, 0.2) is 0 Å². The molecule has 0 atom stereocenters. The van der Waals surface area contributed by atoms with E-state index >= 15 is 0 Å². The lowest BCUT2D eigenvalue weighted by Gasteiger charge is -2.03. The van der Waals surface area contributed by atoms with Crippen LogP contribution in [0.5, 0.6) is 0 Å². The lowest BCUT2D eigenvalue weighted by Crippen LogP contribution is -1.94. The number of hydrogen-bond acceptors (Lipinski definition) is 3. The monoisotopic (exact) mass is 285 g/mol. The van der Waals surface area contributed by atoms with Crippen LogP contribution in [-0.2, 0) is 11.4 Å². The third-order valence-electron chi connectivity index (χ3n) is 2.71. The SMILES string of the molecule is N#Cc1cccc(CO/N=[C]\c2ccccc2C(F)F)c1. The average molecular weight is 285 g/mol. The molecule has 2 rings (SSSR count). The molecule has 3 nitrogen and oxygen atoms in total. The molecule has 0 aliphatic rings. The minimum absolute atomic E-state index is 0.138. The molecule has 0 saturated heterocycles. The fourth-order valence-corrected chi connectivity index (χ4v) is 1.71. The van der Waals surface area contributed by atoms with Crippen molar-refractivity contribution in [2.75, 3.05) is 0 Å². The Morgan fingerprint density at radius 3 is 2.71 bits per heavy atom. The first-order valence-electron chi connectivity index (χ1n) is 6.15. The standard InChI is InChI=1S/C16H11F2N2O/c17-16(18)15-7-2-1-6-14(15)10-20-21-11-13-5-3-4-12(8-13)9-19/h1-8,16H,11H2. The number of alkyl halides is 2. The van der Waals surface area contributed by atoms with Gasteiger partial charge in [0.2, 0.25) is 0 Å². The Bertz CT molecular complexity index is 678. The van der Waals surface area contributed by atoms with Crippen LogP contribution in [0.1, 0.15) is 28.7 Å². The summed E-state index contributed by atoms with van der Waals surface area (Å²) < 4.78 is 25.5. The summed E-state index contributed by atoms with van der Waals surface area (Å²) in [6.07, 6.45) is -0.136. The topological polar surface area (TPSA) is 45.4 Å². The van der Waals surface area contributed by atoms with Crippen molar-refractivity contribution in [2.24, 2.45) is 5.16 Å². The molecular weight excluding hydrogens is 274 g/mol. The van der Waals surface area contributed by atoms with Gasteiger partial charge in [0.1, 0.15) is 12.8 Å². The predicted octanol–water partition coefficient (Wildman–Crippen LogP) is 3.92. The maximum absolute atomic E-state index is 12.7. The Hall–Kier alpha value is -2.74. The lowest BCUT2D eigenvalue weighted by atomic mass is 10.1. The summed E-state index contributed by atoms with van der Waals surface area (Å²) in [7, 11) is 0. The second kappa shape index (κ2) is 7.15. The number of hydrogen-bond donors (Lipinski definition) is 0. The van der Waals surface area contributed by atoms with Gasteiger partial charge in [-0.1, -0.05) is 41.6 Å². The van der Waals surface area contributed by atoms with Gasteiger partial charge in [-0.3, -0.25) is 0 Å². The largest absolute Gasteiger partial charge is 0.390 e. The zero-order valence-electron chi connectivity index (χ0n) is 11.0. The normalized spacial score (nSPS) is 10.8. The summed E-state index contributed by atoms with van der Waals surface area (Å²) >= 11 is 0. The molecule has 5 heteroatoms. The van der Waals surface area contributed by atoms with Crippen LogP contribution >= 0.6 is 0 Å². The quantitative estimate of drug-likeness (QED) is 0.617. The Morgan fingerprint density at radius 1 is 1.14 bits per heavy atom. The zero-order valence-corrected chi connectivity index (χ0v) is 11.0. The maximum atomic E-state index is 12.7. The summed E-state index contributed by atoms with van der Waals surface area (Å²) in [5.74, 6) is 0. The van der Waals surface area contributed by atoms with Gasteiger partial charge >= 0.3 is 0 Å². The van der Waals surface area contributed by atoms with Gasteiger partial charge < -0.3 is 4.84 Å². The third kappa shape index (κ3) is 4.11. The molecule has 105 valence electrons. The van der Waals surface area contributed by atoms with Gasteiger partial charge in [0, 0.05) is 11.1 Å². The maximum Gasteiger partial charge on any atom is 0.264 e. The molecule has 0 amide bonds. The molecule has 0 unspecified atom stereocenters. The van der Waals surface area contributed by atoms with E-state index in [1.54, 1.807) is 30.3 Å². The summed E-state index contributed by atoms with van der Waals surface area (Å²) in [4.78, 5) is 5.02. The van der Waals surface area contributed by atoms with Crippen LogP contribution in [-0.4, -0.2) is 6.21 Å². The highest BCUT2D eigenvalue weighted by molar-refractivity contribution is 5.81. The van der Waals surface area contributed by atoms with Crippen molar-refractivity contribution >= 4 is 6.21 Å². The number of nitriles is 1. The molecule has 0 spiro atoms. The highest BCUT2D eigenvalue weighted by atomic mass is 19.3. The van der Waals surface area contributed by atoms with Crippen molar-refractivity contribution in [1.82, 2.24) is 0 Å². The Morgan fingerprint density at radius 2 is 1.95 bits per heavy atom. The van der Waals surface area contributed by atoms with E-state index in [0.29, 0.717) is 5.56 Å². The van der Waals surface area contributed by atoms with Crippen LogP contribution in [0.2, 0.25) is 0 Å². The van der Waals surface area contributed by atoms with Gasteiger partial charge in [-0.2, -0.15) is 5.26 Å². The summed E-state index contributed by atoms with van der Waals surface area (Å²) in [5, 5.41) is 12.3. The molecule has 0 bridgehead atoms. The second-order valence-electron chi connectivity index (χ2n) is 4.18. The molecule has 0 aliphatic carbocycles. The first-order chi connectivity index (χ1) is 10.2. The number of rotatable bonds is 5. The highest BCUT2D eigenvalue weighted by Crippen LogP contribution is 2.21. The first kappa shape index (κ1) is 14.7. The van der Waals surface area contributed by atoms with Gasteiger partial charge in [-0.25, -0.2) is 8.78 Å². The number of nitrogens with zero attached hydrogens (tertiary/aromatic N) is 2. The molecule has 2 aromatic carbocycles. The fourth-order valence-electron chi connectivity index (χ4n) is 1.71. The van der Waals surface area contributed by atoms with Crippen molar-refractivity contribution < 1.29 is 13.6 Å².